The smallest absolute Gasteiger partial charge is 0.251 e. The Morgan fingerprint density at radius 2 is 1.90 bits per heavy atom. The van der Waals surface area contributed by atoms with Gasteiger partial charge in [-0.3, -0.25) is 9.69 Å². The number of carbonyl (C=O) groups excluding carboxylic acids is 1. The molecule has 0 bridgehead atoms. The Labute approximate surface area is 192 Å². The normalized spacial score (nSPS) is 19.4. The molecule has 0 unspecified atom stereocenters. The molecule has 2 aliphatic heterocycles. The van der Waals surface area contributed by atoms with Gasteiger partial charge in [0.25, 0.3) is 5.91 Å². The van der Waals surface area contributed by atoms with Crippen LogP contribution in [0.3, 0.4) is 0 Å². The SMILES string of the molecule is O=C(NC[C@@H](c1cccs1)N1CCCC1)c1ccc(Cl)c(S(=O)(=O)N2CCOCC2)c1. The lowest BCUT2D eigenvalue weighted by Crippen LogP contribution is -2.40. The lowest BCUT2D eigenvalue weighted by molar-refractivity contribution is 0.0730. The molecule has 1 aromatic carbocycles. The standard InChI is InChI=1S/C21H26ClN3O4S2/c22-17-6-5-16(14-20(17)31(27,28)25-9-11-29-12-10-25)21(26)23-15-18(19-4-3-13-30-19)24-7-1-2-8-24/h3-6,13-14,18H,1-2,7-12,15H2,(H,23,26)/t18-/m0/s1. The van der Waals surface area contributed by atoms with Crippen LogP contribution in [0.4, 0.5) is 0 Å². The van der Waals surface area contributed by atoms with E-state index in [4.69, 9.17) is 16.3 Å². The minimum atomic E-state index is -3.79. The summed E-state index contributed by atoms with van der Waals surface area (Å²) in [6, 6.07) is 8.64. The number of ether oxygens (including phenoxy) is 1. The number of likely N-dealkylation sites (tertiary alicyclic amines) is 1. The molecule has 1 aromatic heterocycles. The molecule has 2 fully saturated rings. The summed E-state index contributed by atoms with van der Waals surface area (Å²) in [6.45, 7) is 3.73. The molecule has 0 radical (unpaired) electrons. The number of carbonyl (C=O) groups is 1. The summed E-state index contributed by atoms with van der Waals surface area (Å²) in [7, 11) is -3.79. The van der Waals surface area contributed by atoms with Crippen molar-refractivity contribution in [3.05, 3.63) is 51.2 Å². The number of nitrogens with one attached hydrogen (secondary N) is 1. The second-order valence-corrected chi connectivity index (χ2v) is 10.9. The fourth-order valence-corrected chi connectivity index (χ4v) is 6.77. The van der Waals surface area contributed by atoms with Gasteiger partial charge in [-0.15, -0.1) is 11.3 Å². The molecule has 168 valence electrons. The van der Waals surface area contributed by atoms with Crippen molar-refractivity contribution >= 4 is 38.9 Å². The molecular formula is C21H26ClN3O4S2. The first-order valence-electron chi connectivity index (χ1n) is 10.4. The predicted octanol–water partition coefficient (Wildman–Crippen LogP) is 2.99. The van der Waals surface area contributed by atoms with Gasteiger partial charge in [-0.05, 0) is 55.6 Å². The number of thiophene rings is 1. The number of sulfonamides is 1. The molecular weight excluding hydrogens is 458 g/mol. The maximum Gasteiger partial charge on any atom is 0.251 e. The minimum absolute atomic E-state index is 0.0435. The van der Waals surface area contributed by atoms with Crippen LogP contribution in [0.15, 0.2) is 40.6 Å². The number of halogens is 1. The van der Waals surface area contributed by atoms with E-state index in [9.17, 15) is 13.2 Å². The molecule has 7 nitrogen and oxygen atoms in total. The molecule has 2 aliphatic rings. The summed E-state index contributed by atoms with van der Waals surface area (Å²) in [4.78, 5) is 16.5. The van der Waals surface area contributed by atoms with Gasteiger partial charge < -0.3 is 10.1 Å². The Bertz CT molecular complexity index is 1000. The van der Waals surface area contributed by atoms with Crippen molar-refractivity contribution in [3.63, 3.8) is 0 Å². The highest BCUT2D eigenvalue weighted by molar-refractivity contribution is 7.89. The number of amides is 1. The number of nitrogens with zero attached hydrogens (tertiary/aromatic N) is 2. The van der Waals surface area contributed by atoms with Crippen molar-refractivity contribution in [3.8, 4) is 0 Å². The van der Waals surface area contributed by atoms with Gasteiger partial charge in [-0.25, -0.2) is 8.42 Å². The number of hydrogen-bond acceptors (Lipinski definition) is 6. The van der Waals surface area contributed by atoms with E-state index < -0.39 is 10.0 Å². The third-order valence-corrected chi connectivity index (χ3v) is 9.04. The van der Waals surface area contributed by atoms with Gasteiger partial charge >= 0.3 is 0 Å². The molecule has 4 rings (SSSR count). The largest absolute Gasteiger partial charge is 0.379 e. The van der Waals surface area contributed by atoms with E-state index in [1.807, 2.05) is 11.4 Å². The van der Waals surface area contributed by atoms with E-state index in [0.717, 1.165) is 25.9 Å². The van der Waals surface area contributed by atoms with Crippen LogP contribution in [0.1, 0.15) is 34.1 Å². The number of morpholine rings is 1. The highest BCUT2D eigenvalue weighted by Gasteiger charge is 2.29. The zero-order chi connectivity index (χ0) is 21.8. The van der Waals surface area contributed by atoms with Crippen LogP contribution >= 0.6 is 22.9 Å². The van der Waals surface area contributed by atoms with Crippen LogP contribution in [0.2, 0.25) is 5.02 Å². The summed E-state index contributed by atoms with van der Waals surface area (Å²) in [6.07, 6.45) is 2.32. The van der Waals surface area contributed by atoms with Crippen molar-refractivity contribution < 1.29 is 17.9 Å². The monoisotopic (exact) mass is 483 g/mol. The predicted molar refractivity (Wildman–Crippen MR) is 121 cm³/mol. The van der Waals surface area contributed by atoms with E-state index in [1.54, 1.807) is 17.4 Å². The lowest BCUT2D eigenvalue weighted by atomic mass is 10.2. The Balaban J connectivity index is 1.50. The number of hydrogen-bond donors (Lipinski definition) is 1. The number of rotatable bonds is 7. The molecule has 0 saturated carbocycles. The average molecular weight is 484 g/mol. The summed E-state index contributed by atoms with van der Waals surface area (Å²) < 4.78 is 32.6. The first kappa shape index (κ1) is 22.7. The average Bonchev–Trinajstić information content (AvgIpc) is 3.50. The fraction of sp³-hybridized carbons (Fsp3) is 0.476. The Morgan fingerprint density at radius 3 is 2.58 bits per heavy atom. The molecule has 3 heterocycles. The van der Waals surface area contributed by atoms with Crippen LogP contribution in [0.5, 0.6) is 0 Å². The maximum absolute atomic E-state index is 13.0. The van der Waals surface area contributed by atoms with Crippen LogP contribution < -0.4 is 5.32 Å². The van der Waals surface area contributed by atoms with E-state index in [1.165, 1.54) is 21.3 Å². The summed E-state index contributed by atoms with van der Waals surface area (Å²) in [5, 5.41) is 5.15. The minimum Gasteiger partial charge on any atom is -0.379 e. The van der Waals surface area contributed by atoms with Crippen LogP contribution in [0, 0.1) is 0 Å². The molecule has 0 aliphatic carbocycles. The second-order valence-electron chi connectivity index (χ2n) is 7.65. The third-order valence-electron chi connectivity index (χ3n) is 5.69. The Hall–Kier alpha value is -1.49. The van der Waals surface area contributed by atoms with Crippen molar-refractivity contribution in [2.45, 2.75) is 23.8 Å². The van der Waals surface area contributed by atoms with Gasteiger partial charge in [-0.1, -0.05) is 17.7 Å². The molecule has 1 amide bonds. The van der Waals surface area contributed by atoms with Crippen LogP contribution in [-0.4, -0.2) is 69.5 Å². The van der Waals surface area contributed by atoms with Crippen molar-refractivity contribution in [1.29, 1.82) is 0 Å². The van der Waals surface area contributed by atoms with Gasteiger partial charge in [0, 0.05) is 30.1 Å². The van der Waals surface area contributed by atoms with Crippen LogP contribution in [-0.2, 0) is 14.8 Å². The maximum atomic E-state index is 13.0. The van der Waals surface area contributed by atoms with Gasteiger partial charge in [0.1, 0.15) is 4.90 Å². The first-order chi connectivity index (χ1) is 15.0. The molecule has 10 heteroatoms. The van der Waals surface area contributed by atoms with E-state index in [0.29, 0.717) is 19.8 Å². The summed E-state index contributed by atoms with van der Waals surface area (Å²) in [5.74, 6) is -0.309. The van der Waals surface area contributed by atoms with Crippen molar-refractivity contribution in [2.75, 3.05) is 45.9 Å². The molecule has 1 atom stereocenters. The van der Waals surface area contributed by atoms with E-state index in [2.05, 4.69) is 16.3 Å². The zero-order valence-electron chi connectivity index (χ0n) is 17.1. The molecule has 31 heavy (non-hydrogen) atoms. The number of benzene rings is 1. The van der Waals surface area contributed by atoms with E-state index >= 15 is 0 Å². The highest BCUT2D eigenvalue weighted by atomic mass is 35.5. The topological polar surface area (TPSA) is 79.0 Å². The van der Waals surface area contributed by atoms with Gasteiger partial charge in [0.05, 0.1) is 24.3 Å². The first-order valence-corrected chi connectivity index (χ1v) is 13.1. The molecule has 2 aromatic rings. The summed E-state index contributed by atoms with van der Waals surface area (Å²) >= 11 is 7.90. The molecule has 1 N–H and O–H groups in total. The van der Waals surface area contributed by atoms with Crippen molar-refractivity contribution in [1.82, 2.24) is 14.5 Å². The van der Waals surface area contributed by atoms with Gasteiger partial charge in [0.15, 0.2) is 0 Å². The molecule has 0 spiro atoms. The highest BCUT2D eigenvalue weighted by Crippen LogP contribution is 2.29. The third kappa shape index (κ3) is 5.13. The quantitative estimate of drug-likeness (QED) is 0.655. The zero-order valence-corrected chi connectivity index (χ0v) is 19.5. The molecule has 2 saturated heterocycles. The summed E-state index contributed by atoms with van der Waals surface area (Å²) in [5.41, 5.74) is 0.280. The van der Waals surface area contributed by atoms with Crippen LogP contribution in [0.25, 0.3) is 0 Å². The Morgan fingerprint density at radius 1 is 1.16 bits per heavy atom. The van der Waals surface area contributed by atoms with Gasteiger partial charge in [0.2, 0.25) is 10.0 Å². The van der Waals surface area contributed by atoms with E-state index in [-0.39, 0.29) is 40.5 Å². The van der Waals surface area contributed by atoms with Gasteiger partial charge in [-0.2, -0.15) is 4.31 Å². The van der Waals surface area contributed by atoms with Crippen molar-refractivity contribution in [2.24, 2.45) is 0 Å². The lowest BCUT2D eigenvalue weighted by Gasteiger charge is -2.27. The second kappa shape index (κ2) is 9.97. The fourth-order valence-electron chi connectivity index (χ4n) is 4.00. The Kier molecular flexibility index (Phi) is 7.30.